The lowest BCUT2D eigenvalue weighted by Gasteiger charge is -2.18. The van der Waals surface area contributed by atoms with Gasteiger partial charge in [0.1, 0.15) is 6.10 Å². The summed E-state index contributed by atoms with van der Waals surface area (Å²) in [4.78, 5) is 0. The second-order valence-corrected chi connectivity index (χ2v) is 4.30. The number of rotatable bonds is 5. The van der Waals surface area contributed by atoms with E-state index in [-0.39, 0.29) is 12.7 Å². The topological polar surface area (TPSA) is 29.5 Å². The van der Waals surface area contributed by atoms with Crippen LogP contribution >= 0.6 is 0 Å². The van der Waals surface area contributed by atoms with E-state index >= 15 is 0 Å². The lowest BCUT2D eigenvalue weighted by Crippen LogP contribution is -2.09. The minimum atomic E-state index is -0.112. The molecule has 94 valence electrons. The van der Waals surface area contributed by atoms with Gasteiger partial charge in [-0.05, 0) is 18.1 Å². The van der Waals surface area contributed by atoms with Crippen molar-refractivity contribution in [2.24, 2.45) is 0 Å². The Hall–Kier alpha value is -1.64. The molecule has 0 saturated heterocycles. The van der Waals surface area contributed by atoms with Crippen LogP contribution in [0, 0.1) is 6.92 Å². The van der Waals surface area contributed by atoms with Gasteiger partial charge in [0.25, 0.3) is 0 Å². The first-order valence-electron chi connectivity index (χ1n) is 6.15. The van der Waals surface area contributed by atoms with E-state index in [1.165, 1.54) is 5.56 Å². The summed E-state index contributed by atoms with van der Waals surface area (Å²) in [5.41, 5.74) is 3.45. The van der Waals surface area contributed by atoms with Crippen LogP contribution in [0.2, 0.25) is 0 Å². The summed E-state index contributed by atoms with van der Waals surface area (Å²) >= 11 is 0. The van der Waals surface area contributed by atoms with Gasteiger partial charge < -0.3 is 9.84 Å². The van der Waals surface area contributed by atoms with E-state index < -0.39 is 0 Å². The summed E-state index contributed by atoms with van der Waals surface area (Å²) in [5.74, 6) is 0. The van der Waals surface area contributed by atoms with E-state index in [0.29, 0.717) is 6.61 Å². The van der Waals surface area contributed by atoms with Gasteiger partial charge in [-0.15, -0.1) is 0 Å². The van der Waals surface area contributed by atoms with E-state index in [1.54, 1.807) is 0 Å². The summed E-state index contributed by atoms with van der Waals surface area (Å²) < 4.78 is 5.75. The quantitative estimate of drug-likeness (QED) is 0.873. The van der Waals surface area contributed by atoms with E-state index in [2.05, 4.69) is 31.2 Å². The minimum Gasteiger partial charge on any atom is -0.394 e. The molecule has 0 spiro atoms. The monoisotopic (exact) mass is 242 g/mol. The molecule has 0 bridgehead atoms. The standard InChI is InChI=1S/C16H18O2/c1-13-7-9-15(10-8-13)16(18-12-11-17)14-5-3-2-4-6-14/h2-10,16-17H,11-12H2,1H3. The third-order valence-corrected chi connectivity index (χ3v) is 2.86. The highest BCUT2D eigenvalue weighted by Gasteiger charge is 2.13. The summed E-state index contributed by atoms with van der Waals surface area (Å²) in [6.07, 6.45) is -0.112. The highest BCUT2D eigenvalue weighted by Crippen LogP contribution is 2.25. The molecule has 0 aliphatic carbocycles. The van der Waals surface area contributed by atoms with Gasteiger partial charge in [0.05, 0.1) is 13.2 Å². The first kappa shape index (κ1) is 12.8. The van der Waals surface area contributed by atoms with Crippen molar-refractivity contribution >= 4 is 0 Å². The van der Waals surface area contributed by atoms with Crippen LogP contribution in [0.1, 0.15) is 22.8 Å². The van der Waals surface area contributed by atoms with E-state index in [0.717, 1.165) is 11.1 Å². The Balaban J connectivity index is 2.27. The van der Waals surface area contributed by atoms with Crippen LogP contribution < -0.4 is 0 Å². The summed E-state index contributed by atoms with van der Waals surface area (Å²) in [5, 5.41) is 8.93. The minimum absolute atomic E-state index is 0.0369. The molecule has 0 amide bonds. The third-order valence-electron chi connectivity index (χ3n) is 2.86. The van der Waals surface area contributed by atoms with Crippen molar-refractivity contribution in [3.8, 4) is 0 Å². The van der Waals surface area contributed by atoms with Crippen molar-refractivity contribution in [2.45, 2.75) is 13.0 Å². The van der Waals surface area contributed by atoms with Gasteiger partial charge in [0.2, 0.25) is 0 Å². The van der Waals surface area contributed by atoms with Crippen LogP contribution in [-0.4, -0.2) is 18.3 Å². The molecule has 1 unspecified atom stereocenters. The molecular weight excluding hydrogens is 224 g/mol. The molecule has 0 saturated carbocycles. The average molecular weight is 242 g/mol. The van der Waals surface area contributed by atoms with Crippen LogP contribution in [0.4, 0.5) is 0 Å². The van der Waals surface area contributed by atoms with Crippen molar-refractivity contribution in [1.82, 2.24) is 0 Å². The number of hydrogen-bond donors (Lipinski definition) is 1. The first-order valence-corrected chi connectivity index (χ1v) is 6.15. The van der Waals surface area contributed by atoms with Gasteiger partial charge in [-0.3, -0.25) is 0 Å². The number of hydrogen-bond acceptors (Lipinski definition) is 2. The maximum atomic E-state index is 8.93. The Morgan fingerprint density at radius 3 is 2.17 bits per heavy atom. The molecular formula is C16H18O2. The zero-order chi connectivity index (χ0) is 12.8. The smallest absolute Gasteiger partial charge is 0.108 e. The van der Waals surface area contributed by atoms with Gasteiger partial charge >= 0.3 is 0 Å². The predicted octanol–water partition coefficient (Wildman–Crippen LogP) is 3.09. The molecule has 2 heteroatoms. The van der Waals surface area contributed by atoms with Gasteiger partial charge in [-0.2, -0.15) is 0 Å². The van der Waals surface area contributed by atoms with Crippen LogP contribution in [0.15, 0.2) is 54.6 Å². The van der Waals surface area contributed by atoms with Gasteiger partial charge in [-0.1, -0.05) is 60.2 Å². The predicted molar refractivity (Wildman–Crippen MR) is 72.5 cm³/mol. The summed E-state index contributed by atoms with van der Waals surface area (Å²) in [6, 6.07) is 18.4. The van der Waals surface area contributed by atoms with Crippen LogP contribution in [0.3, 0.4) is 0 Å². The van der Waals surface area contributed by atoms with Gasteiger partial charge in [-0.25, -0.2) is 0 Å². The second kappa shape index (κ2) is 6.34. The Bertz CT molecular complexity index is 462. The van der Waals surface area contributed by atoms with Gasteiger partial charge in [0, 0.05) is 0 Å². The lowest BCUT2D eigenvalue weighted by molar-refractivity contribution is 0.0501. The normalized spacial score (nSPS) is 12.3. The molecule has 2 nitrogen and oxygen atoms in total. The fraction of sp³-hybridized carbons (Fsp3) is 0.250. The fourth-order valence-corrected chi connectivity index (χ4v) is 1.92. The number of aryl methyl sites for hydroxylation is 1. The van der Waals surface area contributed by atoms with Gasteiger partial charge in [0.15, 0.2) is 0 Å². The maximum Gasteiger partial charge on any atom is 0.108 e. The molecule has 0 aromatic heterocycles. The molecule has 0 aliphatic rings. The number of aliphatic hydroxyl groups is 1. The van der Waals surface area contributed by atoms with Crippen LogP contribution in [-0.2, 0) is 4.74 Å². The summed E-state index contributed by atoms with van der Waals surface area (Å²) in [7, 11) is 0. The molecule has 18 heavy (non-hydrogen) atoms. The average Bonchev–Trinajstić information content (AvgIpc) is 2.42. The largest absolute Gasteiger partial charge is 0.394 e. The molecule has 0 radical (unpaired) electrons. The molecule has 0 aliphatic heterocycles. The molecule has 2 rings (SSSR count). The third kappa shape index (κ3) is 3.19. The number of benzene rings is 2. The van der Waals surface area contributed by atoms with Crippen molar-refractivity contribution in [3.63, 3.8) is 0 Å². The molecule has 2 aromatic carbocycles. The molecule has 0 heterocycles. The van der Waals surface area contributed by atoms with E-state index in [4.69, 9.17) is 9.84 Å². The summed E-state index contributed by atoms with van der Waals surface area (Å²) in [6.45, 7) is 2.44. The number of ether oxygens (including phenoxy) is 1. The molecule has 1 atom stereocenters. The SMILES string of the molecule is Cc1ccc(C(OCCO)c2ccccc2)cc1. The van der Waals surface area contributed by atoms with Crippen molar-refractivity contribution in [1.29, 1.82) is 0 Å². The fourth-order valence-electron chi connectivity index (χ4n) is 1.92. The lowest BCUT2D eigenvalue weighted by atomic mass is 10.0. The second-order valence-electron chi connectivity index (χ2n) is 4.30. The van der Waals surface area contributed by atoms with Crippen molar-refractivity contribution in [2.75, 3.05) is 13.2 Å². The Kier molecular flexibility index (Phi) is 4.51. The zero-order valence-electron chi connectivity index (χ0n) is 10.5. The maximum absolute atomic E-state index is 8.93. The Morgan fingerprint density at radius 1 is 0.944 bits per heavy atom. The first-order chi connectivity index (χ1) is 8.81. The van der Waals surface area contributed by atoms with Crippen molar-refractivity contribution < 1.29 is 9.84 Å². The number of aliphatic hydroxyl groups excluding tert-OH is 1. The highest BCUT2D eigenvalue weighted by molar-refractivity contribution is 5.31. The molecule has 0 fully saturated rings. The molecule has 2 aromatic rings. The molecule has 1 N–H and O–H groups in total. The van der Waals surface area contributed by atoms with Crippen LogP contribution in [0.5, 0.6) is 0 Å². The highest BCUT2D eigenvalue weighted by atomic mass is 16.5. The van der Waals surface area contributed by atoms with E-state index in [1.807, 2.05) is 30.3 Å². The zero-order valence-corrected chi connectivity index (χ0v) is 10.5. The van der Waals surface area contributed by atoms with Crippen LogP contribution in [0.25, 0.3) is 0 Å². The van der Waals surface area contributed by atoms with Crippen molar-refractivity contribution in [3.05, 3.63) is 71.3 Å². The Labute approximate surface area is 108 Å². The van der Waals surface area contributed by atoms with E-state index in [9.17, 15) is 0 Å². The Morgan fingerprint density at radius 2 is 1.56 bits per heavy atom.